The van der Waals surface area contributed by atoms with E-state index in [1.54, 1.807) is 10.7 Å². The summed E-state index contributed by atoms with van der Waals surface area (Å²) < 4.78 is 1.62. The first kappa shape index (κ1) is 13.4. The molecule has 1 aliphatic rings. The molecule has 0 spiro atoms. The van der Waals surface area contributed by atoms with Gasteiger partial charge in [-0.05, 0) is 24.5 Å². The van der Waals surface area contributed by atoms with Crippen LogP contribution in [-0.2, 0) is 13.0 Å². The Hall–Kier alpha value is -1.55. The average molecular weight is 286 g/mol. The summed E-state index contributed by atoms with van der Waals surface area (Å²) in [7, 11) is 0. The summed E-state index contributed by atoms with van der Waals surface area (Å²) in [5.41, 5.74) is 3.26. The third-order valence-corrected chi connectivity index (χ3v) is 4.65. The topological polar surface area (TPSA) is 34.9 Å². The molecule has 0 unspecified atom stereocenters. The van der Waals surface area contributed by atoms with Gasteiger partial charge in [0, 0.05) is 28.8 Å². The van der Waals surface area contributed by atoms with Crippen molar-refractivity contribution in [1.82, 2.24) is 9.78 Å². The number of benzene rings is 1. The van der Waals surface area contributed by atoms with Crippen LogP contribution < -0.4 is 5.56 Å². The van der Waals surface area contributed by atoms with E-state index in [1.807, 2.05) is 17.8 Å². The van der Waals surface area contributed by atoms with Crippen LogP contribution in [0.25, 0.3) is 11.3 Å². The third-order valence-electron chi connectivity index (χ3n) is 3.57. The van der Waals surface area contributed by atoms with Gasteiger partial charge in [-0.2, -0.15) is 5.10 Å². The van der Waals surface area contributed by atoms with Crippen LogP contribution in [-0.4, -0.2) is 15.5 Å². The first-order valence-corrected chi connectivity index (χ1v) is 8.11. The first-order chi connectivity index (χ1) is 9.79. The molecule has 0 radical (unpaired) electrons. The van der Waals surface area contributed by atoms with Crippen LogP contribution in [0.3, 0.4) is 0 Å². The second kappa shape index (κ2) is 5.83. The SMILES string of the molecule is CCCCn1nc2c(cc1=O)CCSc1ccccc1-2. The van der Waals surface area contributed by atoms with E-state index < -0.39 is 0 Å². The maximum Gasteiger partial charge on any atom is 0.267 e. The molecule has 2 aromatic rings. The first-order valence-electron chi connectivity index (χ1n) is 7.13. The summed E-state index contributed by atoms with van der Waals surface area (Å²) in [6.45, 7) is 2.83. The number of unbranched alkanes of at least 4 members (excludes halogenated alkanes) is 1. The minimum absolute atomic E-state index is 0.0292. The summed E-state index contributed by atoms with van der Waals surface area (Å²) in [4.78, 5) is 13.4. The molecule has 1 aromatic carbocycles. The molecule has 4 heteroatoms. The zero-order valence-corrected chi connectivity index (χ0v) is 12.4. The molecule has 104 valence electrons. The van der Waals surface area contributed by atoms with Gasteiger partial charge in [0.1, 0.15) is 0 Å². The highest BCUT2D eigenvalue weighted by molar-refractivity contribution is 7.99. The van der Waals surface area contributed by atoms with Crippen LogP contribution in [0.1, 0.15) is 25.3 Å². The van der Waals surface area contributed by atoms with Crippen molar-refractivity contribution in [3.8, 4) is 11.3 Å². The Morgan fingerprint density at radius 2 is 2.20 bits per heavy atom. The Balaban J connectivity index is 2.13. The number of thioether (sulfide) groups is 1. The molecule has 0 saturated heterocycles. The molecule has 0 N–H and O–H groups in total. The van der Waals surface area contributed by atoms with E-state index in [4.69, 9.17) is 0 Å². The van der Waals surface area contributed by atoms with Gasteiger partial charge in [0.2, 0.25) is 0 Å². The average Bonchev–Trinajstić information content (AvgIpc) is 2.64. The highest BCUT2D eigenvalue weighted by Gasteiger charge is 2.17. The van der Waals surface area contributed by atoms with Crippen molar-refractivity contribution in [3.63, 3.8) is 0 Å². The van der Waals surface area contributed by atoms with E-state index >= 15 is 0 Å². The molecule has 0 fully saturated rings. The fourth-order valence-corrected chi connectivity index (χ4v) is 3.51. The Kier molecular flexibility index (Phi) is 3.92. The molecule has 0 saturated carbocycles. The van der Waals surface area contributed by atoms with Crippen LogP contribution >= 0.6 is 11.8 Å². The van der Waals surface area contributed by atoms with E-state index in [1.165, 1.54) is 4.90 Å². The van der Waals surface area contributed by atoms with Crippen LogP contribution in [0, 0.1) is 0 Å². The molecule has 0 aliphatic carbocycles. The zero-order valence-electron chi connectivity index (χ0n) is 11.6. The van der Waals surface area contributed by atoms with Crippen molar-refractivity contribution in [3.05, 3.63) is 46.2 Å². The number of fused-ring (bicyclic) bond motifs is 3. The highest BCUT2D eigenvalue weighted by atomic mass is 32.2. The van der Waals surface area contributed by atoms with Gasteiger partial charge in [0.15, 0.2) is 0 Å². The normalized spacial score (nSPS) is 13.4. The molecule has 0 atom stereocenters. The van der Waals surface area contributed by atoms with Crippen molar-refractivity contribution in [2.75, 3.05) is 5.75 Å². The monoisotopic (exact) mass is 286 g/mol. The smallest absolute Gasteiger partial charge is 0.267 e. The van der Waals surface area contributed by atoms with E-state index in [9.17, 15) is 4.79 Å². The number of hydrogen-bond donors (Lipinski definition) is 0. The van der Waals surface area contributed by atoms with E-state index in [0.717, 1.165) is 41.8 Å². The Bertz CT molecular complexity index is 678. The summed E-state index contributed by atoms with van der Waals surface area (Å²) >= 11 is 1.84. The molecule has 3 rings (SSSR count). The lowest BCUT2D eigenvalue weighted by molar-refractivity contribution is 0.543. The summed E-state index contributed by atoms with van der Waals surface area (Å²) in [5, 5.41) is 4.64. The van der Waals surface area contributed by atoms with Gasteiger partial charge in [-0.25, -0.2) is 4.68 Å². The highest BCUT2D eigenvalue weighted by Crippen LogP contribution is 2.35. The second-order valence-electron chi connectivity index (χ2n) is 5.03. The van der Waals surface area contributed by atoms with E-state index in [-0.39, 0.29) is 5.56 Å². The fourth-order valence-electron chi connectivity index (χ4n) is 2.47. The molecule has 0 bridgehead atoms. The number of rotatable bonds is 3. The number of aromatic nitrogens is 2. The maximum absolute atomic E-state index is 12.1. The Morgan fingerprint density at radius 3 is 3.05 bits per heavy atom. The summed E-state index contributed by atoms with van der Waals surface area (Å²) in [5.74, 6) is 1.00. The lowest BCUT2D eigenvalue weighted by Gasteiger charge is -2.10. The molecule has 3 nitrogen and oxygen atoms in total. The Labute approximate surface area is 123 Å². The van der Waals surface area contributed by atoms with Gasteiger partial charge in [-0.1, -0.05) is 31.5 Å². The fraction of sp³-hybridized carbons (Fsp3) is 0.375. The van der Waals surface area contributed by atoms with Gasteiger partial charge in [-0.3, -0.25) is 4.79 Å². The lowest BCUT2D eigenvalue weighted by atomic mass is 10.1. The second-order valence-corrected chi connectivity index (χ2v) is 6.16. The van der Waals surface area contributed by atoms with Crippen molar-refractivity contribution >= 4 is 11.8 Å². The molecule has 1 aliphatic heterocycles. The van der Waals surface area contributed by atoms with Crippen molar-refractivity contribution in [2.24, 2.45) is 0 Å². The molecule has 20 heavy (non-hydrogen) atoms. The van der Waals surface area contributed by atoms with Crippen molar-refractivity contribution in [2.45, 2.75) is 37.6 Å². The quantitative estimate of drug-likeness (QED) is 0.868. The molecule has 1 aromatic heterocycles. The van der Waals surface area contributed by atoms with Gasteiger partial charge in [0.05, 0.1) is 5.69 Å². The standard InChI is InChI=1S/C16H18N2OS/c1-2-3-9-18-15(19)11-12-8-10-20-14-7-5-4-6-13(14)16(12)17-18/h4-7,11H,2-3,8-10H2,1H3. The lowest BCUT2D eigenvalue weighted by Crippen LogP contribution is -2.24. The predicted molar refractivity (Wildman–Crippen MR) is 83.3 cm³/mol. The number of nitrogens with zero attached hydrogens (tertiary/aromatic N) is 2. The summed E-state index contributed by atoms with van der Waals surface area (Å²) in [6.07, 6.45) is 2.96. The minimum Gasteiger partial charge on any atom is -0.268 e. The van der Waals surface area contributed by atoms with Gasteiger partial charge in [0.25, 0.3) is 5.56 Å². The van der Waals surface area contributed by atoms with Crippen molar-refractivity contribution in [1.29, 1.82) is 0 Å². The molecular formula is C16H18N2OS. The Morgan fingerprint density at radius 1 is 1.35 bits per heavy atom. The van der Waals surface area contributed by atoms with Crippen LogP contribution in [0.15, 0.2) is 40.0 Å². The summed E-state index contributed by atoms with van der Waals surface area (Å²) in [6, 6.07) is 10.1. The minimum atomic E-state index is 0.0292. The van der Waals surface area contributed by atoms with E-state index in [2.05, 4.69) is 30.2 Å². The van der Waals surface area contributed by atoms with Crippen LogP contribution in [0.4, 0.5) is 0 Å². The molecular weight excluding hydrogens is 268 g/mol. The number of aryl methyl sites for hydroxylation is 2. The number of hydrogen-bond acceptors (Lipinski definition) is 3. The van der Waals surface area contributed by atoms with Crippen molar-refractivity contribution < 1.29 is 0 Å². The maximum atomic E-state index is 12.1. The predicted octanol–water partition coefficient (Wildman–Crippen LogP) is 3.36. The van der Waals surface area contributed by atoms with E-state index in [0.29, 0.717) is 6.54 Å². The third kappa shape index (κ3) is 2.52. The van der Waals surface area contributed by atoms with Gasteiger partial charge in [-0.15, -0.1) is 11.8 Å². The van der Waals surface area contributed by atoms with Gasteiger partial charge >= 0.3 is 0 Å². The van der Waals surface area contributed by atoms with Crippen LogP contribution in [0.5, 0.6) is 0 Å². The molecule has 2 heterocycles. The molecule has 0 amide bonds. The van der Waals surface area contributed by atoms with Crippen LogP contribution in [0.2, 0.25) is 0 Å². The zero-order chi connectivity index (χ0) is 13.9. The van der Waals surface area contributed by atoms with Gasteiger partial charge < -0.3 is 0 Å². The largest absolute Gasteiger partial charge is 0.268 e.